The summed E-state index contributed by atoms with van der Waals surface area (Å²) in [5.74, 6) is -0.928. The van der Waals surface area contributed by atoms with Crippen molar-refractivity contribution in [1.82, 2.24) is 4.98 Å². The first-order valence-corrected chi connectivity index (χ1v) is 8.04. The zero-order valence-electron chi connectivity index (χ0n) is 13.2. The summed E-state index contributed by atoms with van der Waals surface area (Å²) in [7, 11) is 0. The highest BCUT2D eigenvalue weighted by Crippen LogP contribution is 2.28. The van der Waals surface area contributed by atoms with E-state index in [0.29, 0.717) is 0 Å². The van der Waals surface area contributed by atoms with Crippen molar-refractivity contribution in [2.24, 2.45) is 0 Å². The fourth-order valence-corrected chi connectivity index (χ4v) is 2.92. The van der Waals surface area contributed by atoms with Gasteiger partial charge in [-0.15, -0.1) is 23.7 Å². The minimum absolute atomic E-state index is 0. The highest BCUT2D eigenvalue weighted by Gasteiger charge is 2.07. The maximum absolute atomic E-state index is 10.9. The number of nitrogens with zero attached hydrogens (tertiary/aromatic N) is 1. The Morgan fingerprint density at radius 2 is 1.79 bits per heavy atom. The second-order valence-electron chi connectivity index (χ2n) is 5.34. The maximum atomic E-state index is 10.9. The van der Waals surface area contributed by atoms with Crippen LogP contribution in [0.15, 0.2) is 47.8 Å². The molecule has 4 nitrogen and oxygen atoms in total. The Balaban J connectivity index is 0.00000208. The number of carbonyl (C=O) groups is 1. The zero-order valence-corrected chi connectivity index (χ0v) is 14.9. The third-order valence-electron chi connectivity index (χ3n) is 3.69. The summed E-state index contributed by atoms with van der Waals surface area (Å²) in [6, 6.07) is 12.9. The van der Waals surface area contributed by atoms with E-state index in [1.54, 1.807) is 24.3 Å². The van der Waals surface area contributed by atoms with E-state index in [-0.39, 0.29) is 18.0 Å². The SMILES string of the molecule is Cc1ccc(-c2csc(Nc3ccc(C(=O)O)cc3)n2)cc1C.Cl. The molecule has 0 atom stereocenters. The minimum atomic E-state index is -0.928. The summed E-state index contributed by atoms with van der Waals surface area (Å²) in [6.07, 6.45) is 0. The molecule has 2 aromatic carbocycles. The van der Waals surface area contributed by atoms with Gasteiger partial charge in [0, 0.05) is 16.6 Å². The number of hydrogen-bond donors (Lipinski definition) is 2. The van der Waals surface area contributed by atoms with E-state index in [9.17, 15) is 4.79 Å². The summed E-state index contributed by atoms with van der Waals surface area (Å²) in [6.45, 7) is 4.18. The number of thiazole rings is 1. The minimum Gasteiger partial charge on any atom is -0.478 e. The van der Waals surface area contributed by atoms with Gasteiger partial charge in [-0.2, -0.15) is 0 Å². The predicted octanol–water partition coefficient (Wildman–Crippen LogP) is 5.29. The van der Waals surface area contributed by atoms with Crippen molar-refractivity contribution >= 4 is 40.5 Å². The highest BCUT2D eigenvalue weighted by atomic mass is 35.5. The number of carboxylic acids is 1. The molecule has 0 aliphatic rings. The molecular formula is C18H17ClN2O2S. The smallest absolute Gasteiger partial charge is 0.335 e. The van der Waals surface area contributed by atoms with Crippen molar-refractivity contribution in [3.05, 3.63) is 64.5 Å². The molecule has 0 saturated carbocycles. The van der Waals surface area contributed by atoms with Gasteiger partial charge in [-0.05, 0) is 55.3 Å². The molecule has 0 radical (unpaired) electrons. The standard InChI is InChI=1S/C18H16N2O2S.ClH/c1-11-3-4-14(9-12(11)2)16-10-23-18(20-16)19-15-7-5-13(6-8-15)17(21)22;/h3-10H,1-2H3,(H,19,20)(H,21,22);1H. The molecular weight excluding hydrogens is 344 g/mol. The van der Waals surface area contributed by atoms with Gasteiger partial charge >= 0.3 is 5.97 Å². The lowest BCUT2D eigenvalue weighted by Crippen LogP contribution is -1.96. The zero-order chi connectivity index (χ0) is 16.4. The first-order chi connectivity index (χ1) is 11.0. The molecule has 0 aliphatic carbocycles. The van der Waals surface area contributed by atoms with Crippen molar-refractivity contribution < 1.29 is 9.90 Å². The third kappa shape index (κ3) is 3.93. The van der Waals surface area contributed by atoms with E-state index in [2.05, 4.69) is 42.3 Å². The second kappa shape index (κ2) is 7.47. The number of carboxylic acid groups (broad SMARTS) is 1. The van der Waals surface area contributed by atoms with Gasteiger partial charge in [-0.3, -0.25) is 0 Å². The number of hydrogen-bond acceptors (Lipinski definition) is 4. The number of anilines is 2. The monoisotopic (exact) mass is 360 g/mol. The van der Waals surface area contributed by atoms with Crippen LogP contribution < -0.4 is 5.32 Å². The molecule has 0 unspecified atom stereocenters. The van der Waals surface area contributed by atoms with Crippen LogP contribution in [-0.2, 0) is 0 Å². The van der Waals surface area contributed by atoms with Crippen LogP contribution in [0.25, 0.3) is 11.3 Å². The Morgan fingerprint density at radius 1 is 1.08 bits per heavy atom. The van der Waals surface area contributed by atoms with Crippen molar-refractivity contribution in [2.45, 2.75) is 13.8 Å². The molecule has 2 N–H and O–H groups in total. The van der Waals surface area contributed by atoms with Crippen LogP contribution in [0.2, 0.25) is 0 Å². The van der Waals surface area contributed by atoms with E-state index in [4.69, 9.17) is 5.11 Å². The molecule has 0 spiro atoms. The average Bonchev–Trinajstić information content (AvgIpc) is 2.99. The van der Waals surface area contributed by atoms with Gasteiger partial charge in [0.25, 0.3) is 0 Å². The maximum Gasteiger partial charge on any atom is 0.335 e. The quantitative estimate of drug-likeness (QED) is 0.663. The number of aromatic nitrogens is 1. The summed E-state index contributed by atoms with van der Waals surface area (Å²) < 4.78 is 0. The molecule has 3 aromatic rings. The van der Waals surface area contributed by atoms with Crippen LogP contribution in [0.1, 0.15) is 21.5 Å². The molecule has 1 heterocycles. The summed E-state index contributed by atoms with van der Waals surface area (Å²) in [5.41, 5.74) is 5.62. The molecule has 124 valence electrons. The van der Waals surface area contributed by atoms with Crippen molar-refractivity contribution in [1.29, 1.82) is 0 Å². The van der Waals surface area contributed by atoms with E-state index < -0.39 is 5.97 Å². The van der Waals surface area contributed by atoms with Crippen LogP contribution in [0.4, 0.5) is 10.8 Å². The lowest BCUT2D eigenvalue weighted by atomic mass is 10.1. The van der Waals surface area contributed by atoms with Crippen molar-refractivity contribution in [2.75, 3.05) is 5.32 Å². The summed E-state index contributed by atoms with van der Waals surface area (Å²) in [4.78, 5) is 15.4. The molecule has 1 aromatic heterocycles. The topological polar surface area (TPSA) is 62.2 Å². The fraction of sp³-hybridized carbons (Fsp3) is 0.111. The number of aromatic carboxylic acids is 1. The Kier molecular flexibility index (Phi) is 5.59. The molecule has 0 saturated heterocycles. The highest BCUT2D eigenvalue weighted by molar-refractivity contribution is 7.14. The molecule has 0 amide bonds. The van der Waals surface area contributed by atoms with Crippen LogP contribution in [0.5, 0.6) is 0 Å². The predicted molar refractivity (Wildman–Crippen MR) is 101 cm³/mol. The van der Waals surface area contributed by atoms with Gasteiger partial charge in [0.15, 0.2) is 5.13 Å². The van der Waals surface area contributed by atoms with E-state index in [1.165, 1.54) is 22.5 Å². The second-order valence-corrected chi connectivity index (χ2v) is 6.20. The molecule has 6 heteroatoms. The molecule has 0 bridgehead atoms. The van der Waals surface area contributed by atoms with Gasteiger partial charge in [0.1, 0.15) is 0 Å². The summed E-state index contributed by atoms with van der Waals surface area (Å²) >= 11 is 1.52. The third-order valence-corrected chi connectivity index (χ3v) is 4.45. The van der Waals surface area contributed by atoms with Gasteiger partial charge in [0.2, 0.25) is 0 Å². The first-order valence-electron chi connectivity index (χ1n) is 7.16. The van der Waals surface area contributed by atoms with Crippen molar-refractivity contribution in [3.63, 3.8) is 0 Å². The van der Waals surface area contributed by atoms with Gasteiger partial charge in [0.05, 0.1) is 11.3 Å². The lowest BCUT2D eigenvalue weighted by Gasteiger charge is -2.04. The summed E-state index contributed by atoms with van der Waals surface area (Å²) in [5, 5.41) is 14.9. The van der Waals surface area contributed by atoms with Crippen LogP contribution in [-0.4, -0.2) is 16.1 Å². The van der Waals surface area contributed by atoms with Gasteiger partial charge in [-0.25, -0.2) is 9.78 Å². The molecule has 0 fully saturated rings. The van der Waals surface area contributed by atoms with E-state index in [1.807, 2.05) is 5.38 Å². The Labute approximate surface area is 150 Å². The molecule has 3 rings (SSSR count). The molecule has 0 aliphatic heterocycles. The average molecular weight is 361 g/mol. The number of benzene rings is 2. The van der Waals surface area contributed by atoms with Crippen LogP contribution in [0, 0.1) is 13.8 Å². The number of aryl methyl sites for hydroxylation is 2. The number of halogens is 1. The van der Waals surface area contributed by atoms with Gasteiger partial charge < -0.3 is 10.4 Å². The number of rotatable bonds is 4. The fourth-order valence-electron chi connectivity index (χ4n) is 2.18. The normalized spacial score (nSPS) is 10.1. The van der Waals surface area contributed by atoms with Gasteiger partial charge in [-0.1, -0.05) is 12.1 Å². The Hall–Kier alpha value is -2.37. The van der Waals surface area contributed by atoms with Crippen LogP contribution in [0.3, 0.4) is 0 Å². The number of nitrogens with one attached hydrogen (secondary N) is 1. The van der Waals surface area contributed by atoms with Crippen molar-refractivity contribution in [3.8, 4) is 11.3 Å². The van der Waals surface area contributed by atoms with Crippen LogP contribution >= 0.6 is 23.7 Å². The largest absolute Gasteiger partial charge is 0.478 e. The lowest BCUT2D eigenvalue weighted by molar-refractivity contribution is 0.0697. The Bertz CT molecular complexity index is 860. The first kappa shape index (κ1) is 18.0. The van der Waals surface area contributed by atoms with E-state index >= 15 is 0 Å². The van der Waals surface area contributed by atoms with E-state index in [0.717, 1.165) is 22.1 Å². The Morgan fingerprint density at radius 3 is 2.42 bits per heavy atom. The molecule has 24 heavy (non-hydrogen) atoms.